The standard InChI is InChI=1S/C12H16O3/c1-9(7-11(14)8-13)12(15)10-5-3-2-4-6-10/h2-6,9,11,13-14H,7-8H2,1H3. The number of hydrogen-bond acceptors (Lipinski definition) is 3. The van der Waals surface area contributed by atoms with Crippen molar-refractivity contribution in [3.8, 4) is 0 Å². The Labute approximate surface area is 89.4 Å². The van der Waals surface area contributed by atoms with Gasteiger partial charge < -0.3 is 10.2 Å². The van der Waals surface area contributed by atoms with E-state index in [0.29, 0.717) is 12.0 Å². The van der Waals surface area contributed by atoms with Crippen molar-refractivity contribution in [2.75, 3.05) is 6.61 Å². The fourth-order valence-corrected chi connectivity index (χ4v) is 1.48. The van der Waals surface area contributed by atoms with Gasteiger partial charge in [0, 0.05) is 11.5 Å². The molecule has 3 heteroatoms. The predicted octanol–water partition coefficient (Wildman–Crippen LogP) is 1.25. The Morgan fingerprint density at radius 3 is 2.47 bits per heavy atom. The molecule has 0 amide bonds. The van der Waals surface area contributed by atoms with E-state index in [2.05, 4.69) is 0 Å². The van der Waals surface area contributed by atoms with Crippen LogP contribution in [0.25, 0.3) is 0 Å². The largest absolute Gasteiger partial charge is 0.394 e. The fraction of sp³-hybridized carbons (Fsp3) is 0.417. The first-order valence-corrected chi connectivity index (χ1v) is 5.03. The van der Waals surface area contributed by atoms with Crippen LogP contribution in [0.5, 0.6) is 0 Å². The van der Waals surface area contributed by atoms with E-state index in [-0.39, 0.29) is 18.3 Å². The maximum atomic E-state index is 11.8. The summed E-state index contributed by atoms with van der Waals surface area (Å²) >= 11 is 0. The molecule has 82 valence electrons. The third kappa shape index (κ3) is 3.46. The average molecular weight is 208 g/mol. The second-order valence-electron chi connectivity index (χ2n) is 3.70. The summed E-state index contributed by atoms with van der Waals surface area (Å²) in [6, 6.07) is 8.98. The molecule has 2 atom stereocenters. The van der Waals surface area contributed by atoms with Gasteiger partial charge in [-0.25, -0.2) is 0 Å². The topological polar surface area (TPSA) is 57.5 Å². The second-order valence-corrected chi connectivity index (χ2v) is 3.70. The van der Waals surface area contributed by atoms with E-state index in [4.69, 9.17) is 5.11 Å². The molecule has 0 aliphatic carbocycles. The minimum absolute atomic E-state index is 0.00287. The van der Waals surface area contributed by atoms with E-state index in [9.17, 15) is 9.90 Å². The number of aliphatic hydroxyl groups excluding tert-OH is 2. The van der Waals surface area contributed by atoms with E-state index in [0.717, 1.165) is 0 Å². The van der Waals surface area contributed by atoms with E-state index in [1.807, 2.05) is 18.2 Å². The van der Waals surface area contributed by atoms with Crippen LogP contribution in [0.1, 0.15) is 23.7 Å². The highest BCUT2D eigenvalue weighted by molar-refractivity contribution is 5.97. The van der Waals surface area contributed by atoms with Crippen molar-refractivity contribution in [3.05, 3.63) is 35.9 Å². The zero-order valence-corrected chi connectivity index (χ0v) is 8.76. The highest BCUT2D eigenvalue weighted by Crippen LogP contribution is 2.13. The Morgan fingerprint density at radius 1 is 1.33 bits per heavy atom. The molecular weight excluding hydrogens is 192 g/mol. The zero-order chi connectivity index (χ0) is 11.3. The third-order valence-corrected chi connectivity index (χ3v) is 2.34. The van der Waals surface area contributed by atoms with Gasteiger partial charge in [0.1, 0.15) is 0 Å². The third-order valence-electron chi connectivity index (χ3n) is 2.34. The van der Waals surface area contributed by atoms with Crippen molar-refractivity contribution in [1.82, 2.24) is 0 Å². The number of hydrogen-bond donors (Lipinski definition) is 2. The van der Waals surface area contributed by atoms with Gasteiger partial charge >= 0.3 is 0 Å². The van der Waals surface area contributed by atoms with E-state index in [1.165, 1.54) is 0 Å². The van der Waals surface area contributed by atoms with Crippen molar-refractivity contribution in [2.45, 2.75) is 19.4 Å². The molecule has 0 bridgehead atoms. The Balaban J connectivity index is 2.61. The quantitative estimate of drug-likeness (QED) is 0.716. The van der Waals surface area contributed by atoms with Crippen LogP contribution in [0.4, 0.5) is 0 Å². The minimum atomic E-state index is -0.812. The molecule has 0 aliphatic rings. The number of benzene rings is 1. The molecule has 0 radical (unpaired) electrons. The molecule has 0 aliphatic heterocycles. The number of Topliss-reactive ketones (excluding diaryl/α,β-unsaturated/α-hetero) is 1. The van der Waals surface area contributed by atoms with Crippen LogP contribution in [0, 0.1) is 5.92 Å². The zero-order valence-electron chi connectivity index (χ0n) is 8.76. The van der Waals surface area contributed by atoms with Gasteiger partial charge in [-0.2, -0.15) is 0 Å². The molecule has 1 aromatic carbocycles. The summed E-state index contributed by atoms with van der Waals surface area (Å²) in [5.74, 6) is -0.266. The summed E-state index contributed by atoms with van der Waals surface area (Å²) in [6.07, 6.45) is -0.516. The fourth-order valence-electron chi connectivity index (χ4n) is 1.48. The summed E-state index contributed by atoms with van der Waals surface area (Å²) in [4.78, 5) is 11.8. The van der Waals surface area contributed by atoms with E-state index in [1.54, 1.807) is 19.1 Å². The summed E-state index contributed by atoms with van der Waals surface area (Å²) in [5.41, 5.74) is 0.648. The summed E-state index contributed by atoms with van der Waals surface area (Å²) < 4.78 is 0. The molecule has 1 rings (SSSR count). The Morgan fingerprint density at radius 2 is 1.93 bits per heavy atom. The number of rotatable bonds is 5. The van der Waals surface area contributed by atoms with Gasteiger partial charge in [0.25, 0.3) is 0 Å². The van der Waals surface area contributed by atoms with Crippen molar-refractivity contribution >= 4 is 5.78 Å². The molecule has 3 nitrogen and oxygen atoms in total. The second kappa shape index (κ2) is 5.63. The summed E-state index contributed by atoms with van der Waals surface area (Å²) in [7, 11) is 0. The van der Waals surface area contributed by atoms with Crippen molar-refractivity contribution in [1.29, 1.82) is 0 Å². The highest BCUT2D eigenvalue weighted by Gasteiger charge is 2.17. The van der Waals surface area contributed by atoms with Crippen LogP contribution >= 0.6 is 0 Å². The van der Waals surface area contributed by atoms with Crippen molar-refractivity contribution in [2.24, 2.45) is 5.92 Å². The van der Waals surface area contributed by atoms with Crippen LogP contribution in [-0.4, -0.2) is 28.7 Å². The predicted molar refractivity (Wildman–Crippen MR) is 57.6 cm³/mol. The van der Waals surface area contributed by atoms with Crippen LogP contribution in [-0.2, 0) is 0 Å². The Bertz CT molecular complexity index is 308. The molecule has 15 heavy (non-hydrogen) atoms. The van der Waals surface area contributed by atoms with Crippen LogP contribution in [0.2, 0.25) is 0 Å². The van der Waals surface area contributed by atoms with Gasteiger partial charge in [0.05, 0.1) is 12.7 Å². The first-order chi connectivity index (χ1) is 7.15. The minimum Gasteiger partial charge on any atom is -0.394 e. The van der Waals surface area contributed by atoms with Gasteiger partial charge in [-0.1, -0.05) is 37.3 Å². The van der Waals surface area contributed by atoms with Crippen molar-refractivity contribution < 1.29 is 15.0 Å². The summed E-state index contributed by atoms with van der Waals surface area (Å²) in [6.45, 7) is 1.46. The van der Waals surface area contributed by atoms with Gasteiger partial charge in [-0.05, 0) is 6.42 Å². The van der Waals surface area contributed by atoms with Gasteiger partial charge in [-0.3, -0.25) is 4.79 Å². The lowest BCUT2D eigenvalue weighted by Crippen LogP contribution is -2.21. The van der Waals surface area contributed by atoms with Crippen molar-refractivity contribution in [3.63, 3.8) is 0 Å². The monoisotopic (exact) mass is 208 g/mol. The smallest absolute Gasteiger partial charge is 0.165 e. The van der Waals surface area contributed by atoms with Gasteiger partial charge in [-0.15, -0.1) is 0 Å². The molecule has 0 spiro atoms. The maximum Gasteiger partial charge on any atom is 0.165 e. The van der Waals surface area contributed by atoms with Crippen LogP contribution < -0.4 is 0 Å². The van der Waals surface area contributed by atoms with E-state index < -0.39 is 6.10 Å². The lowest BCUT2D eigenvalue weighted by molar-refractivity contribution is 0.0664. The molecule has 2 N–H and O–H groups in total. The van der Waals surface area contributed by atoms with Crippen LogP contribution in [0.3, 0.4) is 0 Å². The normalized spacial score (nSPS) is 14.6. The highest BCUT2D eigenvalue weighted by atomic mass is 16.3. The summed E-state index contributed by atoms with van der Waals surface area (Å²) in [5, 5.41) is 17.9. The molecule has 2 unspecified atom stereocenters. The number of ketones is 1. The lowest BCUT2D eigenvalue weighted by Gasteiger charge is -2.13. The molecule has 0 aromatic heterocycles. The molecule has 0 saturated heterocycles. The Kier molecular flexibility index (Phi) is 4.46. The number of aliphatic hydroxyl groups is 2. The molecule has 0 fully saturated rings. The molecule has 0 heterocycles. The van der Waals surface area contributed by atoms with Crippen LogP contribution in [0.15, 0.2) is 30.3 Å². The lowest BCUT2D eigenvalue weighted by atomic mass is 9.94. The first-order valence-electron chi connectivity index (χ1n) is 5.03. The molecule has 0 saturated carbocycles. The maximum absolute atomic E-state index is 11.8. The SMILES string of the molecule is CC(CC(O)CO)C(=O)c1ccccc1. The van der Waals surface area contributed by atoms with E-state index >= 15 is 0 Å². The average Bonchev–Trinajstić information content (AvgIpc) is 2.29. The first kappa shape index (κ1) is 11.9. The molecular formula is C12H16O3. The number of carbonyl (C=O) groups is 1. The Hall–Kier alpha value is -1.19. The molecule has 1 aromatic rings. The number of carbonyl (C=O) groups excluding carboxylic acids is 1. The van der Waals surface area contributed by atoms with Gasteiger partial charge in [0.2, 0.25) is 0 Å². The van der Waals surface area contributed by atoms with Gasteiger partial charge in [0.15, 0.2) is 5.78 Å².